The lowest BCUT2D eigenvalue weighted by atomic mass is 10.0. The molecule has 2 nitrogen and oxygen atoms in total. The Morgan fingerprint density at radius 1 is 1.11 bits per heavy atom. The van der Waals surface area contributed by atoms with Gasteiger partial charge in [-0.05, 0) is 39.7 Å². The molecule has 2 aromatic rings. The highest BCUT2D eigenvalue weighted by molar-refractivity contribution is 9.10. The van der Waals surface area contributed by atoms with Crippen LogP contribution in [0.5, 0.6) is 0 Å². The van der Waals surface area contributed by atoms with Gasteiger partial charge in [0.2, 0.25) is 0 Å². The van der Waals surface area contributed by atoms with Crippen molar-refractivity contribution < 1.29 is 13.2 Å². The van der Waals surface area contributed by atoms with Gasteiger partial charge in [-0.15, -0.1) is 0 Å². The minimum atomic E-state index is -4.33. The summed E-state index contributed by atoms with van der Waals surface area (Å²) in [5, 5.41) is 0. The Bertz CT molecular complexity index is 565. The molecule has 1 aromatic heterocycles. The third kappa shape index (κ3) is 2.64. The number of nitrogens with zero attached hydrogens (tertiary/aromatic N) is 1. The van der Waals surface area contributed by atoms with E-state index in [2.05, 4.69) is 20.9 Å². The summed E-state index contributed by atoms with van der Waals surface area (Å²) in [7, 11) is 0. The molecule has 0 aliphatic heterocycles. The molecule has 0 spiro atoms. The van der Waals surface area contributed by atoms with Crippen molar-refractivity contribution in [1.29, 1.82) is 0 Å². The zero-order valence-corrected chi connectivity index (χ0v) is 10.6. The first-order valence-electron chi connectivity index (χ1n) is 4.96. The van der Waals surface area contributed by atoms with E-state index in [1.165, 1.54) is 18.3 Å². The summed E-state index contributed by atoms with van der Waals surface area (Å²) in [5.74, 6) is 0.276. The van der Waals surface area contributed by atoms with Crippen LogP contribution in [0.1, 0.15) is 5.56 Å². The highest BCUT2D eigenvalue weighted by atomic mass is 79.9. The monoisotopic (exact) mass is 316 g/mol. The SMILES string of the molecule is Nc1ncc(Br)cc1-c1ccc(C(F)(F)F)cc1. The molecule has 0 saturated heterocycles. The van der Waals surface area contributed by atoms with E-state index in [1.807, 2.05) is 0 Å². The molecule has 94 valence electrons. The minimum absolute atomic E-state index is 0.276. The van der Waals surface area contributed by atoms with Crippen LogP contribution >= 0.6 is 15.9 Å². The van der Waals surface area contributed by atoms with Crippen molar-refractivity contribution in [2.24, 2.45) is 0 Å². The molecule has 2 N–H and O–H groups in total. The topological polar surface area (TPSA) is 38.9 Å². The fourth-order valence-electron chi connectivity index (χ4n) is 1.52. The Hall–Kier alpha value is -1.56. The van der Waals surface area contributed by atoms with E-state index < -0.39 is 11.7 Å². The van der Waals surface area contributed by atoms with Gasteiger partial charge >= 0.3 is 6.18 Å². The number of halogens is 4. The van der Waals surface area contributed by atoms with Gasteiger partial charge in [0.25, 0.3) is 0 Å². The molecule has 0 aliphatic rings. The van der Waals surface area contributed by atoms with Crippen LogP contribution in [0.15, 0.2) is 41.0 Å². The first-order chi connectivity index (χ1) is 8.38. The van der Waals surface area contributed by atoms with Gasteiger partial charge in [0.15, 0.2) is 0 Å². The summed E-state index contributed by atoms with van der Waals surface area (Å²) in [5.41, 5.74) is 6.19. The molecule has 0 saturated carbocycles. The Labute approximate surface area is 110 Å². The van der Waals surface area contributed by atoms with Gasteiger partial charge in [0, 0.05) is 16.2 Å². The zero-order chi connectivity index (χ0) is 13.3. The Kier molecular flexibility index (Phi) is 3.30. The number of hydrogen-bond donors (Lipinski definition) is 1. The molecule has 0 bridgehead atoms. The average Bonchev–Trinajstić information content (AvgIpc) is 2.31. The van der Waals surface area contributed by atoms with Crippen molar-refractivity contribution >= 4 is 21.7 Å². The Morgan fingerprint density at radius 3 is 2.28 bits per heavy atom. The number of aromatic nitrogens is 1. The van der Waals surface area contributed by atoms with Gasteiger partial charge in [0.1, 0.15) is 5.82 Å². The summed E-state index contributed by atoms with van der Waals surface area (Å²) in [6.07, 6.45) is -2.80. The van der Waals surface area contributed by atoms with E-state index in [1.54, 1.807) is 6.07 Å². The number of benzene rings is 1. The quantitative estimate of drug-likeness (QED) is 0.859. The van der Waals surface area contributed by atoms with Crippen molar-refractivity contribution in [2.75, 3.05) is 5.73 Å². The van der Waals surface area contributed by atoms with E-state index in [0.29, 0.717) is 15.6 Å². The normalized spacial score (nSPS) is 11.6. The Balaban J connectivity index is 2.43. The minimum Gasteiger partial charge on any atom is -0.383 e. The van der Waals surface area contributed by atoms with Crippen LogP contribution in [-0.2, 0) is 6.18 Å². The molecule has 0 atom stereocenters. The molecule has 18 heavy (non-hydrogen) atoms. The second kappa shape index (κ2) is 4.61. The van der Waals surface area contributed by atoms with Crippen LogP contribution in [0.3, 0.4) is 0 Å². The third-order valence-electron chi connectivity index (χ3n) is 2.41. The van der Waals surface area contributed by atoms with E-state index in [-0.39, 0.29) is 5.82 Å². The van der Waals surface area contributed by atoms with Gasteiger partial charge in [-0.25, -0.2) is 4.98 Å². The van der Waals surface area contributed by atoms with Gasteiger partial charge in [-0.2, -0.15) is 13.2 Å². The molecule has 1 aromatic carbocycles. The summed E-state index contributed by atoms with van der Waals surface area (Å²) in [4.78, 5) is 3.93. The summed E-state index contributed by atoms with van der Waals surface area (Å²) in [6.45, 7) is 0. The fraction of sp³-hybridized carbons (Fsp3) is 0.0833. The molecule has 1 heterocycles. The van der Waals surface area contributed by atoms with Crippen molar-refractivity contribution in [1.82, 2.24) is 4.98 Å². The maximum absolute atomic E-state index is 12.4. The number of pyridine rings is 1. The van der Waals surface area contributed by atoms with Crippen molar-refractivity contribution in [2.45, 2.75) is 6.18 Å². The third-order valence-corrected chi connectivity index (χ3v) is 2.84. The first kappa shape index (κ1) is 12.9. The maximum Gasteiger partial charge on any atom is 0.416 e. The predicted octanol–water partition coefficient (Wildman–Crippen LogP) is 4.11. The number of nitrogens with two attached hydrogens (primary N) is 1. The first-order valence-corrected chi connectivity index (χ1v) is 5.76. The number of anilines is 1. The lowest BCUT2D eigenvalue weighted by Crippen LogP contribution is -2.04. The molecule has 0 fully saturated rings. The van der Waals surface area contributed by atoms with Crippen molar-refractivity contribution in [3.8, 4) is 11.1 Å². The van der Waals surface area contributed by atoms with Crippen LogP contribution < -0.4 is 5.73 Å². The highest BCUT2D eigenvalue weighted by Gasteiger charge is 2.30. The molecule has 0 unspecified atom stereocenters. The largest absolute Gasteiger partial charge is 0.416 e. The van der Waals surface area contributed by atoms with Crippen LogP contribution in [-0.4, -0.2) is 4.98 Å². The standard InChI is InChI=1S/C12H8BrF3N2/c13-9-5-10(11(17)18-6-9)7-1-3-8(4-2-7)12(14,15)16/h1-6H,(H2,17,18). The van der Waals surface area contributed by atoms with Crippen molar-refractivity contribution in [3.63, 3.8) is 0 Å². The predicted molar refractivity (Wildman–Crippen MR) is 66.8 cm³/mol. The van der Waals surface area contributed by atoms with Gasteiger partial charge < -0.3 is 5.73 Å². The lowest BCUT2D eigenvalue weighted by molar-refractivity contribution is -0.137. The zero-order valence-electron chi connectivity index (χ0n) is 9.00. The lowest BCUT2D eigenvalue weighted by Gasteiger charge is -2.09. The fourth-order valence-corrected chi connectivity index (χ4v) is 1.85. The smallest absolute Gasteiger partial charge is 0.383 e. The Morgan fingerprint density at radius 2 is 1.72 bits per heavy atom. The van der Waals surface area contributed by atoms with Crippen molar-refractivity contribution in [3.05, 3.63) is 46.6 Å². The number of hydrogen-bond acceptors (Lipinski definition) is 2. The second-order valence-electron chi connectivity index (χ2n) is 3.66. The van der Waals surface area contributed by atoms with Crippen LogP contribution in [0.2, 0.25) is 0 Å². The number of alkyl halides is 3. The van der Waals surface area contributed by atoms with Crippen LogP contribution in [0, 0.1) is 0 Å². The average molecular weight is 317 g/mol. The molecule has 0 aliphatic carbocycles. The van der Waals surface area contributed by atoms with E-state index in [4.69, 9.17) is 5.73 Å². The maximum atomic E-state index is 12.4. The molecular weight excluding hydrogens is 309 g/mol. The highest BCUT2D eigenvalue weighted by Crippen LogP contribution is 2.32. The van der Waals surface area contributed by atoms with E-state index >= 15 is 0 Å². The molecule has 0 radical (unpaired) electrons. The molecule has 6 heteroatoms. The second-order valence-corrected chi connectivity index (χ2v) is 4.58. The van der Waals surface area contributed by atoms with Crippen LogP contribution in [0.25, 0.3) is 11.1 Å². The number of rotatable bonds is 1. The van der Waals surface area contributed by atoms with Gasteiger partial charge in [-0.3, -0.25) is 0 Å². The van der Waals surface area contributed by atoms with E-state index in [9.17, 15) is 13.2 Å². The summed E-state index contributed by atoms with van der Waals surface area (Å²) in [6, 6.07) is 6.52. The summed E-state index contributed by atoms with van der Waals surface area (Å²) < 4.78 is 38.0. The molecule has 2 rings (SSSR count). The molecular formula is C12H8BrF3N2. The van der Waals surface area contributed by atoms with Gasteiger partial charge in [-0.1, -0.05) is 12.1 Å². The van der Waals surface area contributed by atoms with E-state index in [0.717, 1.165) is 12.1 Å². The van der Waals surface area contributed by atoms with Crippen LogP contribution in [0.4, 0.5) is 19.0 Å². The summed E-state index contributed by atoms with van der Waals surface area (Å²) >= 11 is 3.24. The number of nitrogen functional groups attached to an aromatic ring is 1. The molecule has 0 amide bonds. The van der Waals surface area contributed by atoms with Gasteiger partial charge in [0.05, 0.1) is 5.56 Å².